The van der Waals surface area contributed by atoms with Crippen molar-refractivity contribution >= 4 is 21.9 Å². The van der Waals surface area contributed by atoms with E-state index in [0.717, 1.165) is 77.8 Å². The predicted octanol–water partition coefficient (Wildman–Crippen LogP) is 15.7. The third-order valence-electron chi connectivity index (χ3n) is 13.0. The van der Waals surface area contributed by atoms with E-state index in [1.54, 1.807) is 0 Å². The molecule has 296 valence electrons. The summed E-state index contributed by atoms with van der Waals surface area (Å²) in [6.07, 6.45) is 0. The van der Waals surface area contributed by atoms with Gasteiger partial charge in [0, 0.05) is 32.9 Å². The van der Waals surface area contributed by atoms with Crippen LogP contribution < -0.4 is 0 Å². The number of furan rings is 1. The topological polar surface area (TPSA) is 38.9 Å². The van der Waals surface area contributed by atoms with Gasteiger partial charge >= 0.3 is 0 Å². The van der Waals surface area contributed by atoms with Crippen molar-refractivity contribution in [1.82, 2.24) is 9.97 Å². The summed E-state index contributed by atoms with van der Waals surface area (Å²) >= 11 is 0. The van der Waals surface area contributed by atoms with Crippen LogP contribution in [0.4, 0.5) is 0 Å². The predicted molar refractivity (Wildman–Crippen MR) is 259 cm³/mol. The van der Waals surface area contributed by atoms with Crippen molar-refractivity contribution in [1.29, 1.82) is 0 Å². The van der Waals surface area contributed by atoms with Gasteiger partial charge in [-0.2, -0.15) is 0 Å². The molecule has 0 N–H and O–H groups in total. The molecule has 0 fully saturated rings. The van der Waals surface area contributed by atoms with E-state index in [0.29, 0.717) is 5.82 Å². The first-order chi connectivity index (χ1) is 31.1. The van der Waals surface area contributed by atoms with E-state index < -0.39 is 0 Å². The lowest BCUT2D eigenvalue weighted by Crippen LogP contribution is -2.22. The second-order valence-corrected chi connectivity index (χ2v) is 16.6. The van der Waals surface area contributed by atoms with E-state index in [2.05, 4.69) is 213 Å². The molecule has 0 radical (unpaired) electrons. The van der Waals surface area contributed by atoms with Crippen LogP contribution in [0.25, 0.3) is 100 Å². The number of hydrogen-bond donors (Lipinski definition) is 0. The lowest BCUT2D eigenvalue weighted by molar-refractivity contribution is 0.669. The molecule has 11 aromatic rings. The number of fused-ring (bicyclic) bond motifs is 6. The third kappa shape index (κ3) is 6.12. The number of nitrogens with zero attached hydrogens (tertiary/aromatic N) is 2. The van der Waals surface area contributed by atoms with E-state index in [4.69, 9.17) is 14.4 Å². The molecule has 0 amide bonds. The third-order valence-corrected chi connectivity index (χ3v) is 13.0. The minimum Gasteiger partial charge on any atom is -0.456 e. The highest BCUT2D eigenvalue weighted by atomic mass is 16.3. The maximum atomic E-state index is 6.22. The van der Waals surface area contributed by atoms with Crippen molar-refractivity contribution < 1.29 is 4.42 Å². The van der Waals surface area contributed by atoms with Crippen LogP contribution in [0.2, 0.25) is 0 Å². The number of rotatable bonds is 7. The molecule has 12 rings (SSSR count). The Morgan fingerprint density at radius 1 is 0.349 bits per heavy atom. The van der Waals surface area contributed by atoms with Crippen molar-refractivity contribution in [3.05, 3.63) is 241 Å². The minimum atomic E-state index is -0.308. The van der Waals surface area contributed by atoms with Gasteiger partial charge in [0.05, 0.1) is 11.4 Å². The zero-order valence-electron chi connectivity index (χ0n) is 34.7. The number of benzene rings is 9. The molecule has 1 aliphatic carbocycles. The molecule has 63 heavy (non-hydrogen) atoms. The molecule has 9 aromatic carbocycles. The van der Waals surface area contributed by atoms with Crippen LogP contribution in [0.15, 0.2) is 229 Å². The Labute approximate surface area is 366 Å². The standard InChI is InChI=1S/C60H40N2O/c1-60(45-22-9-4-10-23-45)52-29-15-13-27-50(52)58-47(28-17-30-53(58)60)43-34-42(39-18-5-2-6-19-39)35-44(36-43)54-38-55(62-59(61-54)40-20-7-3-8-21-40)48-25-12-11-24-46(48)41-32-33-57-51(37-41)49-26-14-16-31-56(49)63-57/h2-38H,1H3. The van der Waals surface area contributed by atoms with Gasteiger partial charge in [0.1, 0.15) is 11.2 Å². The number of aromatic nitrogens is 2. The second kappa shape index (κ2) is 14.8. The molecule has 0 saturated heterocycles. The van der Waals surface area contributed by atoms with Gasteiger partial charge in [-0.3, -0.25) is 0 Å². The number of hydrogen-bond acceptors (Lipinski definition) is 3. The van der Waals surface area contributed by atoms with Gasteiger partial charge in [-0.1, -0.05) is 182 Å². The summed E-state index contributed by atoms with van der Waals surface area (Å²) in [6, 6.07) is 80.1. The zero-order valence-corrected chi connectivity index (χ0v) is 34.7. The average Bonchev–Trinajstić information content (AvgIpc) is 3.87. The molecule has 1 aliphatic rings. The summed E-state index contributed by atoms with van der Waals surface area (Å²) < 4.78 is 6.22. The lowest BCUT2D eigenvalue weighted by atomic mass is 9.74. The van der Waals surface area contributed by atoms with Gasteiger partial charge in [-0.15, -0.1) is 0 Å². The summed E-state index contributed by atoms with van der Waals surface area (Å²) in [5.41, 5.74) is 19.4. The van der Waals surface area contributed by atoms with Crippen LogP contribution in [0.5, 0.6) is 0 Å². The molecule has 1 atom stereocenters. The van der Waals surface area contributed by atoms with E-state index in [1.165, 1.54) is 33.4 Å². The van der Waals surface area contributed by atoms with Crippen LogP contribution in [0, 0.1) is 0 Å². The summed E-state index contributed by atoms with van der Waals surface area (Å²) in [5.74, 6) is 0.675. The Hall–Kier alpha value is -8.14. The Balaban J connectivity index is 1.08. The fourth-order valence-electron chi connectivity index (χ4n) is 9.89. The molecule has 2 heterocycles. The van der Waals surface area contributed by atoms with Crippen molar-refractivity contribution in [3.63, 3.8) is 0 Å². The quantitative estimate of drug-likeness (QED) is 0.161. The molecule has 0 saturated carbocycles. The van der Waals surface area contributed by atoms with Crippen LogP contribution in [0.3, 0.4) is 0 Å². The maximum absolute atomic E-state index is 6.22. The molecule has 3 nitrogen and oxygen atoms in total. The van der Waals surface area contributed by atoms with Gasteiger partial charge < -0.3 is 4.42 Å². The molecular weight excluding hydrogens is 765 g/mol. The number of para-hydroxylation sites is 1. The summed E-state index contributed by atoms with van der Waals surface area (Å²) in [7, 11) is 0. The average molecular weight is 805 g/mol. The van der Waals surface area contributed by atoms with Gasteiger partial charge in [-0.25, -0.2) is 9.97 Å². The first kappa shape index (κ1) is 36.7. The van der Waals surface area contributed by atoms with Crippen LogP contribution in [0.1, 0.15) is 23.6 Å². The lowest BCUT2D eigenvalue weighted by Gasteiger charge is -2.28. The Morgan fingerprint density at radius 3 is 1.75 bits per heavy atom. The van der Waals surface area contributed by atoms with Crippen molar-refractivity contribution in [2.45, 2.75) is 12.3 Å². The first-order valence-electron chi connectivity index (χ1n) is 21.6. The van der Waals surface area contributed by atoms with Gasteiger partial charge in [0.2, 0.25) is 0 Å². The Bertz CT molecular complexity index is 3520. The molecule has 1 unspecified atom stereocenters. The SMILES string of the molecule is CC1(c2ccccc2)c2ccccc2-c2c(-c3cc(-c4ccccc4)cc(-c4cc(-c5ccccc5-c5ccc6oc7ccccc7c6c5)nc(-c5ccccc5)n4)c3)cccc21. The van der Waals surface area contributed by atoms with E-state index in [9.17, 15) is 0 Å². The van der Waals surface area contributed by atoms with Crippen molar-refractivity contribution in [3.8, 4) is 78.4 Å². The van der Waals surface area contributed by atoms with E-state index in [1.807, 2.05) is 18.2 Å². The highest BCUT2D eigenvalue weighted by molar-refractivity contribution is 6.07. The van der Waals surface area contributed by atoms with Crippen LogP contribution >= 0.6 is 0 Å². The summed E-state index contributed by atoms with van der Waals surface area (Å²) in [4.78, 5) is 10.7. The largest absolute Gasteiger partial charge is 0.456 e. The molecule has 0 bridgehead atoms. The van der Waals surface area contributed by atoms with Gasteiger partial charge in [0.15, 0.2) is 5.82 Å². The molecule has 0 aliphatic heterocycles. The molecule has 0 spiro atoms. The normalized spacial score (nSPS) is 14.2. The fourth-order valence-corrected chi connectivity index (χ4v) is 9.89. The van der Waals surface area contributed by atoms with E-state index in [-0.39, 0.29) is 5.41 Å². The minimum absolute atomic E-state index is 0.308. The zero-order chi connectivity index (χ0) is 41.9. The maximum Gasteiger partial charge on any atom is 0.160 e. The van der Waals surface area contributed by atoms with Crippen molar-refractivity contribution in [2.75, 3.05) is 0 Å². The first-order valence-corrected chi connectivity index (χ1v) is 21.6. The smallest absolute Gasteiger partial charge is 0.160 e. The monoisotopic (exact) mass is 804 g/mol. The Morgan fingerprint density at radius 2 is 0.937 bits per heavy atom. The van der Waals surface area contributed by atoms with Gasteiger partial charge in [0.25, 0.3) is 0 Å². The Kier molecular flexibility index (Phi) is 8.62. The highest BCUT2D eigenvalue weighted by Crippen LogP contribution is 2.55. The fraction of sp³-hybridized carbons (Fsp3) is 0.0333. The molecule has 2 aromatic heterocycles. The molecular formula is C60H40N2O. The van der Waals surface area contributed by atoms with E-state index >= 15 is 0 Å². The van der Waals surface area contributed by atoms with Crippen molar-refractivity contribution in [2.24, 2.45) is 0 Å². The summed E-state index contributed by atoms with van der Waals surface area (Å²) in [5, 5.41) is 2.20. The second-order valence-electron chi connectivity index (χ2n) is 16.6. The highest BCUT2D eigenvalue weighted by Gasteiger charge is 2.41. The van der Waals surface area contributed by atoms with Gasteiger partial charge in [-0.05, 0) is 111 Å². The molecule has 3 heteroatoms. The van der Waals surface area contributed by atoms with Crippen LogP contribution in [-0.4, -0.2) is 9.97 Å². The van der Waals surface area contributed by atoms with Crippen LogP contribution in [-0.2, 0) is 5.41 Å². The summed E-state index contributed by atoms with van der Waals surface area (Å²) in [6.45, 7) is 2.38.